The molecule has 3 aromatic rings. The van der Waals surface area contributed by atoms with Crippen LogP contribution in [0.25, 0.3) is 0 Å². The van der Waals surface area contributed by atoms with Gasteiger partial charge in [-0.1, -0.05) is 113 Å². The molecule has 0 saturated heterocycles. The number of carbonyl (C=O) groups excluding carboxylic acids is 1. The molecule has 0 unspecified atom stereocenters. The molecule has 0 fully saturated rings. The van der Waals surface area contributed by atoms with Gasteiger partial charge in [0.2, 0.25) is 0 Å². The zero-order valence-corrected chi connectivity index (χ0v) is 14.7. The van der Waals surface area contributed by atoms with Gasteiger partial charge in [0.1, 0.15) is 6.63 Å². The first-order valence-corrected chi connectivity index (χ1v) is 10.1. The number of hydrogen-bond acceptors (Lipinski definition) is 1. The van der Waals surface area contributed by atoms with E-state index in [1.807, 2.05) is 91.0 Å². The van der Waals surface area contributed by atoms with Crippen molar-refractivity contribution in [3.05, 3.63) is 102 Å². The summed E-state index contributed by atoms with van der Waals surface area (Å²) in [6.07, 6.45) is 0. The van der Waals surface area contributed by atoms with Crippen molar-refractivity contribution in [3.8, 4) is 0 Å². The number of ketones is 1. The highest BCUT2D eigenvalue weighted by Crippen LogP contribution is 2.44. The summed E-state index contributed by atoms with van der Waals surface area (Å²) < 4.78 is 0. The third-order valence-electron chi connectivity index (χ3n) is 3.02. The fourth-order valence-corrected chi connectivity index (χ4v) is 2.96. The number of hydrogen-bond donors (Lipinski definition) is 0. The summed E-state index contributed by atoms with van der Waals surface area (Å²) in [6, 6.07) is 28.2. The average molecular weight is 361 g/mol. The monoisotopic (exact) mass is 360 g/mol. The molecule has 0 amide bonds. The number of halogens is 2. The lowest BCUT2D eigenvalue weighted by molar-refractivity contribution is 0.103. The molecule has 0 spiro atoms. The molecule has 0 saturated carbocycles. The Labute approximate surface area is 147 Å². The van der Waals surface area contributed by atoms with Gasteiger partial charge in [0.05, 0.1) is 0 Å². The lowest BCUT2D eigenvalue weighted by atomic mass is 10.0. The SMILES string of the molecule is ClP(Cl)c1ccccc1.O=C(c1ccccc1)c1ccccc1. The van der Waals surface area contributed by atoms with Crippen molar-refractivity contribution in [2.45, 2.75) is 0 Å². The number of rotatable bonds is 3. The predicted molar refractivity (Wildman–Crippen MR) is 101 cm³/mol. The minimum atomic E-state index is -0.951. The third kappa shape index (κ3) is 5.80. The zero-order valence-electron chi connectivity index (χ0n) is 12.3. The zero-order chi connectivity index (χ0) is 16.5. The van der Waals surface area contributed by atoms with Crippen molar-refractivity contribution in [1.29, 1.82) is 0 Å². The second-order valence-corrected chi connectivity index (χ2v) is 8.16. The van der Waals surface area contributed by atoms with Gasteiger partial charge in [0, 0.05) is 16.4 Å². The highest BCUT2D eigenvalue weighted by atomic mass is 35.9. The third-order valence-corrected chi connectivity index (χ3v) is 4.88. The molecule has 0 atom stereocenters. The molecular weight excluding hydrogens is 346 g/mol. The molecule has 1 nitrogen and oxygen atoms in total. The lowest BCUT2D eigenvalue weighted by Gasteiger charge is -1.99. The average Bonchev–Trinajstić information content (AvgIpc) is 2.64. The predicted octanol–water partition coefficient (Wildman–Crippen LogP) is 6.02. The number of carbonyl (C=O) groups is 1. The van der Waals surface area contributed by atoms with E-state index in [-0.39, 0.29) is 5.78 Å². The van der Waals surface area contributed by atoms with Crippen molar-refractivity contribution in [2.75, 3.05) is 0 Å². The van der Waals surface area contributed by atoms with Crippen LogP contribution in [0, 0.1) is 0 Å². The van der Waals surface area contributed by atoms with Crippen molar-refractivity contribution < 1.29 is 4.79 Å². The van der Waals surface area contributed by atoms with E-state index in [1.165, 1.54) is 0 Å². The van der Waals surface area contributed by atoms with Crippen LogP contribution >= 0.6 is 29.1 Å². The van der Waals surface area contributed by atoms with Gasteiger partial charge in [-0.15, -0.1) is 0 Å². The van der Waals surface area contributed by atoms with Gasteiger partial charge in [0.25, 0.3) is 0 Å². The molecule has 0 bridgehead atoms. The first-order valence-electron chi connectivity index (χ1n) is 7.00. The molecule has 23 heavy (non-hydrogen) atoms. The van der Waals surface area contributed by atoms with Crippen LogP contribution in [-0.2, 0) is 0 Å². The number of benzene rings is 3. The fraction of sp³-hybridized carbons (Fsp3) is 0. The van der Waals surface area contributed by atoms with E-state index in [4.69, 9.17) is 22.5 Å². The van der Waals surface area contributed by atoms with Crippen LogP contribution in [0.2, 0.25) is 0 Å². The molecule has 3 rings (SSSR count). The Balaban J connectivity index is 0.000000185. The maximum Gasteiger partial charge on any atom is 0.193 e. The van der Waals surface area contributed by atoms with Crippen LogP contribution in [0.4, 0.5) is 0 Å². The largest absolute Gasteiger partial charge is 0.289 e. The summed E-state index contributed by atoms with van der Waals surface area (Å²) >= 11 is 11.3. The molecule has 0 aromatic heterocycles. The van der Waals surface area contributed by atoms with Gasteiger partial charge in [-0.25, -0.2) is 0 Å². The Morgan fingerprint density at radius 2 is 0.957 bits per heavy atom. The van der Waals surface area contributed by atoms with Gasteiger partial charge >= 0.3 is 0 Å². The molecular formula is C19H15Cl2OP. The smallest absolute Gasteiger partial charge is 0.193 e. The molecule has 116 valence electrons. The Morgan fingerprint density at radius 3 is 1.26 bits per heavy atom. The van der Waals surface area contributed by atoms with Gasteiger partial charge in [-0.3, -0.25) is 4.79 Å². The van der Waals surface area contributed by atoms with E-state index < -0.39 is 6.63 Å². The van der Waals surface area contributed by atoms with Crippen LogP contribution in [-0.4, -0.2) is 5.78 Å². The highest BCUT2D eigenvalue weighted by molar-refractivity contribution is 8.08. The standard InChI is InChI=1S/C13H10O.C6H5Cl2P/c14-13(11-7-3-1-4-8-11)12-9-5-2-6-10-12;7-9(8)6-4-2-1-3-5-6/h1-10H;1-5H. The molecule has 3 aromatic carbocycles. The van der Waals surface area contributed by atoms with Crippen LogP contribution < -0.4 is 5.30 Å². The van der Waals surface area contributed by atoms with E-state index in [0.717, 1.165) is 16.4 Å². The van der Waals surface area contributed by atoms with Crippen molar-refractivity contribution >= 4 is 40.2 Å². The minimum absolute atomic E-state index is 0.0752. The van der Waals surface area contributed by atoms with Crippen LogP contribution in [0.5, 0.6) is 0 Å². The minimum Gasteiger partial charge on any atom is -0.289 e. The van der Waals surface area contributed by atoms with Gasteiger partial charge in [-0.2, -0.15) is 0 Å². The van der Waals surface area contributed by atoms with Crippen LogP contribution in [0.15, 0.2) is 91.0 Å². The molecule has 0 aliphatic rings. The Hall–Kier alpha value is -1.66. The summed E-state index contributed by atoms with van der Waals surface area (Å²) in [5, 5.41) is 1.01. The summed E-state index contributed by atoms with van der Waals surface area (Å²) in [4.78, 5) is 11.8. The van der Waals surface area contributed by atoms with E-state index in [1.54, 1.807) is 0 Å². The quantitative estimate of drug-likeness (QED) is 0.412. The van der Waals surface area contributed by atoms with Crippen molar-refractivity contribution in [2.24, 2.45) is 0 Å². The topological polar surface area (TPSA) is 17.1 Å². The molecule has 0 heterocycles. The molecule has 0 aliphatic carbocycles. The summed E-state index contributed by atoms with van der Waals surface area (Å²) in [5.41, 5.74) is 1.47. The van der Waals surface area contributed by atoms with Gasteiger partial charge < -0.3 is 0 Å². The van der Waals surface area contributed by atoms with Gasteiger partial charge in [0.15, 0.2) is 5.78 Å². The molecule has 4 heteroatoms. The second kappa shape index (κ2) is 9.47. The van der Waals surface area contributed by atoms with Crippen LogP contribution in [0.3, 0.4) is 0 Å². The van der Waals surface area contributed by atoms with Crippen molar-refractivity contribution in [3.63, 3.8) is 0 Å². The Bertz CT molecular complexity index is 675. The Kier molecular flexibility index (Phi) is 7.29. The molecule has 0 aliphatic heterocycles. The summed E-state index contributed by atoms with van der Waals surface area (Å²) in [7, 11) is 0. The molecule has 0 radical (unpaired) electrons. The van der Waals surface area contributed by atoms with Crippen LogP contribution in [0.1, 0.15) is 15.9 Å². The summed E-state index contributed by atoms with van der Waals surface area (Å²) in [6.45, 7) is -0.951. The fourth-order valence-electron chi connectivity index (χ4n) is 1.89. The lowest BCUT2D eigenvalue weighted by Crippen LogP contribution is -1.99. The maximum absolute atomic E-state index is 11.8. The van der Waals surface area contributed by atoms with E-state index in [2.05, 4.69) is 0 Å². The molecule has 0 N–H and O–H groups in total. The first kappa shape index (κ1) is 17.7. The van der Waals surface area contributed by atoms with Gasteiger partial charge in [-0.05, 0) is 0 Å². The maximum atomic E-state index is 11.8. The summed E-state index contributed by atoms with van der Waals surface area (Å²) in [5.74, 6) is 0.0752. The van der Waals surface area contributed by atoms with E-state index in [9.17, 15) is 4.79 Å². The normalized spacial score (nSPS) is 9.87. The van der Waals surface area contributed by atoms with E-state index in [0.29, 0.717) is 0 Å². The van der Waals surface area contributed by atoms with E-state index >= 15 is 0 Å². The second-order valence-electron chi connectivity index (χ2n) is 4.63. The Morgan fingerprint density at radius 1 is 0.609 bits per heavy atom. The van der Waals surface area contributed by atoms with Crippen molar-refractivity contribution in [1.82, 2.24) is 0 Å². The first-order chi connectivity index (χ1) is 11.2. The highest BCUT2D eigenvalue weighted by Gasteiger charge is 2.06.